The number of amides is 1. The van der Waals surface area contributed by atoms with Gasteiger partial charge >= 0.3 is 0 Å². The Morgan fingerprint density at radius 1 is 1.35 bits per heavy atom. The molecule has 0 bridgehead atoms. The first-order chi connectivity index (χ1) is 9.69. The van der Waals surface area contributed by atoms with Crippen LogP contribution >= 0.6 is 0 Å². The van der Waals surface area contributed by atoms with Gasteiger partial charge in [-0.05, 0) is 51.0 Å². The average Bonchev–Trinajstić information content (AvgIpc) is 2.46. The van der Waals surface area contributed by atoms with Gasteiger partial charge in [0.2, 0.25) is 0 Å². The predicted octanol–water partition coefficient (Wildman–Crippen LogP) is 2.35. The molecule has 0 aromatic heterocycles. The van der Waals surface area contributed by atoms with Crippen LogP contribution in [0.3, 0.4) is 0 Å². The summed E-state index contributed by atoms with van der Waals surface area (Å²) in [7, 11) is 0. The second-order valence-electron chi connectivity index (χ2n) is 5.36. The van der Waals surface area contributed by atoms with Crippen molar-refractivity contribution >= 4 is 5.91 Å². The second kappa shape index (κ2) is 7.29. The first-order valence-corrected chi connectivity index (χ1v) is 7.46. The van der Waals surface area contributed by atoms with Crippen molar-refractivity contribution in [1.82, 2.24) is 10.6 Å². The van der Waals surface area contributed by atoms with Crippen molar-refractivity contribution in [2.24, 2.45) is 0 Å². The topological polar surface area (TPSA) is 50.4 Å². The van der Waals surface area contributed by atoms with Crippen LogP contribution in [0.25, 0.3) is 0 Å². The lowest BCUT2D eigenvalue weighted by Crippen LogP contribution is -2.47. The van der Waals surface area contributed by atoms with Crippen LogP contribution in [-0.4, -0.2) is 31.1 Å². The largest absolute Gasteiger partial charge is 0.494 e. The highest BCUT2D eigenvalue weighted by Crippen LogP contribution is 2.13. The van der Waals surface area contributed by atoms with Crippen LogP contribution in [0.1, 0.15) is 43.5 Å². The van der Waals surface area contributed by atoms with Gasteiger partial charge in [0.05, 0.1) is 6.61 Å². The summed E-state index contributed by atoms with van der Waals surface area (Å²) >= 11 is 0. The van der Waals surface area contributed by atoms with Crippen molar-refractivity contribution < 1.29 is 9.53 Å². The summed E-state index contributed by atoms with van der Waals surface area (Å²) < 4.78 is 5.37. The third-order valence-electron chi connectivity index (χ3n) is 3.65. The normalized spacial score (nSPS) is 22.3. The molecule has 1 aliphatic heterocycles. The van der Waals surface area contributed by atoms with Crippen molar-refractivity contribution in [3.05, 3.63) is 29.8 Å². The third-order valence-corrected chi connectivity index (χ3v) is 3.65. The van der Waals surface area contributed by atoms with Crippen LogP contribution in [0.15, 0.2) is 24.3 Å². The summed E-state index contributed by atoms with van der Waals surface area (Å²) in [6, 6.07) is 8.22. The van der Waals surface area contributed by atoms with Crippen LogP contribution in [-0.2, 0) is 0 Å². The highest BCUT2D eigenvalue weighted by atomic mass is 16.5. The van der Waals surface area contributed by atoms with Crippen LogP contribution in [0, 0.1) is 0 Å². The molecular weight excluding hydrogens is 252 g/mol. The zero-order valence-corrected chi connectivity index (χ0v) is 12.3. The number of nitrogens with one attached hydrogen (secondary N) is 2. The average molecular weight is 276 g/mol. The Kier molecular flexibility index (Phi) is 5.41. The smallest absolute Gasteiger partial charge is 0.251 e. The number of piperidine rings is 1. The number of rotatable bonds is 5. The maximum Gasteiger partial charge on any atom is 0.251 e. The van der Waals surface area contributed by atoms with E-state index in [1.807, 2.05) is 19.1 Å². The van der Waals surface area contributed by atoms with E-state index >= 15 is 0 Å². The molecule has 110 valence electrons. The van der Waals surface area contributed by atoms with E-state index in [-0.39, 0.29) is 5.91 Å². The zero-order valence-electron chi connectivity index (χ0n) is 12.3. The van der Waals surface area contributed by atoms with Gasteiger partial charge in [0, 0.05) is 24.2 Å². The monoisotopic (exact) mass is 276 g/mol. The van der Waals surface area contributed by atoms with Gasteiger partial charge in [0.15, 0.2) is 0 Å². The summed E-state index contributed by atoms with van der Waals surface area (Å²) in [6.45, 7) is 5.46. The third kappa shape index (κ3) is 4.23. The molecule has 1 heterocycles. The Morgan fingerprint density at radius 2 is 2.10 bits per heavy atom. The molecule has 4 heteroatoms. The Bertz CT molecular complexity index is 431. The fourth-order valence-electron chi connectivity index (χ4n) is 2.59. The molecule has 2 atom stereocenters. The van der Waals surface area contributed by atoms with Crippen LogP contribution < -0.4 is 15.4 Å². The van der Waals surface area contributed by atoms with E-state index < -0.39 is 0 Å². The Morgan fingerprint density at radius 3 is 2.75 bits per heavy atom. The lowest BCUT2D eigenvalue weighted by Gasteiger charge is -2.28. The van der Waals surface area contributed by atoms with Gasteiger partial charge < -0.3 is 15.4 Å². The summed E-state index contributed by atoms with van der Waals surface area (Å²) in [5.74, 6) is 0.778. The van der Waals surface area contributed by atoms with Gasteiger partial charge in [0.1, 0.15) is 5.75 Å². The molecule has 1 fully saturated rings. The van der Waals surface area contributed by atoms with Gasteiger partial charge in [-0.3, -0.25) is 4.79 Å². The molecule has 2 rings (SSSR count). The zero-order chi connectivity index (χ0) is 14.4. The van der Waals surface area contributed by atoms with Crippen molar-refractivity contribution in [3.63, 3.8) is 0 Å². The van der Waals surface area contributed by atoms with Crippen molar-refractivity contribution in [2.75, 3.05) is 13.2 Å². The molecule has 2 unspecified atom stereocenters. The molecule has 1 amide bonds. The van der Waals surface area contributed by atoms with E-state index in [4.69, 9.17) is 4.74 Å². The summed E-state index contributed by atoms with van der Waals surface area (Å²) in [6.07, 6.45) is 3.59. The molecule has 0 radical (unpaired) electrons. The van der Waals surface area contributed by atoms with Crippen molar-refractivity contribution in [3.8, 4) is 5.75 Å². The number of carbonyl (C=O) groups excluding carboxylic acids is 1. The van der Waals surface area contributed by atoms with Crippen LogP contribution in [0.2, 0.25) is 0 Å². The minimum atomic E-state index is -0.0203. The summed E-state index contributed by atoms with van der Waals surface area (Å²) in [5.41, 5.74) is 0.678. The Hall–Kier alpha value is -1.55. The number of ether oxygens (including phenoxy) is 1. The molecule has 0 spiro atoms. The fourth-order valence-corrected chi connectivity index (χ4v) is 2.59. The van der Waals surface area contributed by atoms with E-state index in [9.17, 15) is 4.79 Å². The molecule has 1 aliphatic rings. The van der Waals surface area contributed by atoms with Crippen LogP contribution in [0.5, 0.6) is 5.75 Å². The molecule has 1 aromatic rings. The highest BCUT2D eigenvalue weighted by molar-refractivity contribution is 5.94. The highest BCUT2D eigenvalue weighted by Gasteiger charge is 2.18. The fraction of sp³-hybridized carbons (Fsp3) is 0.562. The minimum Gasteiger partial charge on any atom is -0.494 e. The summed E-state index contributed by atoms with van der Waals surface area (Å²) in [5, 5.41) is 6.51. The first-order valence-electron chi connectivity index (χ1n) is 7.46. The van der Waals surface area contributed by atoms with Crippen molar-refractivity contribution in [2.45, 2.75) is 45.2 Å². The molecule has 1 saturated heterocycles. The van der Waals surface area contributed by atoms with Crippen molar-refractivity contribution in [1.29, 1.82) is 0 Å². The number of carbonyl (C=O) groups is 1. The van der Waals surface area contributed by atoms with Gasteiger partial charge in [-0.2, -0.15) is 0 Å². The number of hydrogen-bond donors (Lipinski definition) is 2. The van der Waals surface area contributed by atoms with Crippen LogP contribution in [0.4, 0.5) is 0 Å². The molecule has 0 saturated carbocycles. The lowest BCUT2D eigenvalue weighted by atomic mass is 9.99. The Balaban J connectivity index is 1.82. The standard InChI is InChI=1S/C16H24N2O2/c1-3-20-15-9-7-13(8-10-15)16(19)17-11-14-6-4-5-12(2)18-14/h7-10,12,14,18H,3-6,11H2,1-2H3,(H,17,19). The SMILES string of the molecule is CCOc1ccc(C(=O)NCC2CCCC(C)N2)cc1. The maximum atomic E-state index is 12.1. The van der Waals surface area contributed by atoms with E-state index in [0.29, 0.717) is 30.8 Å². The van der Waals surface area contributed by atoms with Gasteiger partial charge in [-0.15, -0.1) is 0 Å². The molecule has 1 aromatic carbocycles. The van der Waals surface area contributed by atoms with Gasteiger partial charge in [-0.25, -0.2) is 0 Å². The molecule has 4 nitrogen and oxygen atoms in total. The van der Waals surface area contributed by atoms with Gasteiger partial charge in [0.25, 0.3) is 5.91 Å². The maximum absolute atomic E-state index is 12.1. The number of hydrogen-bond acceptors (Lipinski definition) is 3. The minimum absolute atomic E-state index is 0.0203. The van der Waals surface area contributed by atoms with E-state index in [2.05, 4.69) is 17.6 Å². The summed E-state index contributed by atoms with van der Waals surface area (Å²) in [4.78, 5) is 12.1. The van der Waals surface area contributed by atoms with E-state index in [1.165, 1.54) is 12.8 Å². The van der Waals surface area contributed by atoms with Gasteiger partial charge in [-0.1, -0.05) is 6.42 Å². The Labute approximate surface area is 120 Å². The lowest BCUT2D eigenvalue weighted by molar-refractivity contribution is 0.0946. The van der Waals surface area contributed by atoms with E-state index in [1.54, 1.807) is 12.1 Å². The van der Waals surface area contributed by atoms with E-state index in [0.717, 1.165) is 12.2 Å². The molecule has 2 N–H and O–H groups in total. The predicted molar refractivity (Wildman–Crippen MR) is 80.2 cm³/mol. The molecule has 20 heavy (non-hydrogen) atoms. The molecular formula is C16H24N2O2. The molecule has 0 aliphatic carbocycles. The first kappa shape index (κ1) is 14.9. The second-order valence-corrected chi connectivity index (χ2v) is 5.36. The number of benzene rings is 1. The quantitative estimate of drug-likeness (QED) is 0.868.